The number of hydrogen-bond donors (Lipinski definition) is 2. The summed E-state index contributed by atoms with van der Waals surface area (Å²) in [6, 6.07) is 8.29. The molecule has 0 spiro atoms. The van der Waals surface area contributed by atoms with E-state index in [-0.39, 0.29) is 6.03 Å². The van der Waals surface area contributed by atoms with Gasteiger partial charge in [-0.15, -0.1) is 0 Å². The van der Waals surface area contributed by atoms with Gasteiger partial charge >= 0.3 is 6.03 Å². The minimum atomic E-state index is 0.104. The normalized spacial score (nSPS) is 26.8. The van der Waals surface area contributed by atoms with E-state index >= 15 is 0 Å². The molecule has 5 nitrogen and oxygen atoms in total. The molecule has 2 unspecified atom stereocenters. The number of para-hydroxylation sites is 1. The summed E-state index contributed by atoms with van der Waals surface area (Å²) in [5.74, 6) is 2.94. The summed E-state index contributed by atoms with van der Waals surface area (Å²) in [4.78, 5) is 14.6. The number of hydrogen-bond acceptors (Lipinski definition) is 3. The second-order valence-electron chi connectivity index (χ2n) is 7.64. The molecular weight excluding hydrogens is 314 g/mol. The molecule has 0 aliphatic carbocycles. The Labute approximate surface area is 150 Å². The van der Waals surface area contributed by atoms with Crippen molar-refractivity contribution in [3.8, 4) is 5.75 Å². The van der Waals surface area contributed by atoms with E-state index in [4.69, 9.17) is 4.74 Å². The molecule has 0 radical (unpaired) electrons. The van der Waals surface area contributed by atoms with Gasteiger partial charge in [0, 0.05) is 25.6 Å². The van der Waals surface area contributed by atoms with E-state index in [0.717, 1.165) is 63.1 Å². The minimum Gasteiger partial charge on any atom is -0.493 e. The van der Waals surface area contributed by atoms with Crippen LogP contribution < -0.4 is 15.4 Å². The highest BCUT2D eigenvalue weighted by Crippen LogP contribution is 2.33. The molecule has 2 atom stereocenters. The highest BCUT2D eigenvalue weighted by molar-refractivity contribution is 5.74. The number of rotatable bonds is 3. The molecule has 0 aromatic heterocycles. The topological polar surface area (TPSA) is 53.6 Å². The number of ether oxygens (including phenoxy) is 1. The molecule has 2 fully saturated rings. The molecule has 1 aromatic carbocycles. The number of piperidine rings is 1. The fraction of sp³-hybridized carbons (Fsp3) is 0.650. The first kappa shape index (κ1) is 16.7. The lowest BCUT2D eigenvalue weighted by Gasteiger charge is -2.35. The molecule has 0 bridgehead atoms. The van der Waals surface area contributed by atoms with Crippen molar-refractivity contribution in [2.75, 3.05) is 39.3 Å². The van der Waals surface area contributed by atoms with E-state index in [9.17, 15) is 4.79 Å². The number of carbonyl (C=O) groups is 1. The van der Waals surface area contributed by atoms with Crippen LogP contribution in [0.25, 0.3) is 0 Å². The van der Waals surface area contributed by atoms with Gasteiger partial charge in [0.25, 0.3) is 0 Å². The van der Waals surface area contributed by atoms with E-state index in [1.807, 2.05) is 23.1 Å². The van der Waals surface area contributed by atoms with Crippen molar-refractivity contribution in [1.82, 2.24) is 15.5 Å². The van der Waals surface area contributed by atoms with Crippen molar-refractivity contribution in [2.45, 2.75) is 31.6 Å². The van der Waals surface area contributed by atoms with Gasteiger partial charge in [-0.05, 0) is 62.2 Å². The van der Waals surface area contributed by atoms with Crippen molar-refractivity contribution < 1.29 is 9.53 Å². The van der Waals surface area contributed by atoms with Crippen LogP contribution in [-0.4, -0.2) is 50.3 Å². The molecule has 2 saturated heterocycles. The Balaban J connectivity index is 1.26. The lowest BCUT2D eigenvalue weighted by atomic mass is 9.84. The zero-order chi connectivity index (χ0) is 17.1. The Bertz CT molecular complexity index is 592. The van der Waals surface area contributed by atoms with Gasteiger partial charge in [-0.25, -0.2) is 4.79 Å². The van der Waals surface area contributed by atoms with Crippen molar-refractivity contribution in [1.29, 1.82) is 0 Å². The zero-order valence-corrected chi connectivity index (χ0v) is 14.9. The number of carbonyl (C=O) groups excluding carboxylic acids is 1. The lowest BCUT2D eigenvalue weighted by Crippen LogP contribution is -2.46. The van der Waals surface area contributed by atoms with E-state index in [2.05, 4.69) is 16.7 Å². The maximum absolute atomic E-state index is 12.6. The molecule has 2 amide bonds. The first-order chi connectivity index (χ1) is 12.3. The smallest absolute Gasteiger partial charge is 0.317 e. The summed E-state index contributed by atoms with van der Waals surface area (Å²) < 4.78 is 5.71. The van der Waals surface area contributed by atoms with Crippen LogP contribution in [0.4, 0.5) is 4.79 Å². The van der Waals surface area contributed by atoms with Gasteiger partial charge in [0.15, 0.2) is 0 Å². The molecule has 136 valence electrons. The van der Waals surface area contributed by atoms with Crippen molar-refractivity contribution >= 4 is 6.03 Å². The number of nitrogens with zero attached hydrogens (tertiary/aromatic N) is 1. The fourth-order valence-corrected chi connectivity index (χ4v) is 4.60. The Morgan fingerprint density at radius 2 is 2.00 bits per heavy atom. The zero-order valence-electron chi connectivity index (χ0n) is 14.9. The Hall–Kier alpha value is -1.75. The molecule has 3 aliphatic heterocycles. The summed E-state index contributed by atoms with van der Waals surface area (Å²) in [5.41, 5.74) is 1.22. The molecule has 4 rings (SSSR count). The number of amides is 2. The number of benzene rings is 1. The molecule has 1 aromatic rings. The predicted molar refractivity (Wildman–Crippen MR) is 98.0 cm³/mol. The predicted octanol–water partition coefficient (Wildman–Crippen LogP) is 2.58. The Kier molecular flexibility index (Phi) is 5.11. The second-order valence-corrected chi connectivity index (χ2v) is 7.64. The van der Waals surface area contributed by atoms with E-state index < -0.39 is 0 Å². The highest BCUT2D eigenvalue weighted by atomic mass is 16.5. The van der Waals surface area contributed by atoms with Gasteiger partial charge < -0.3 is 20.3 Å². The summed E-state index contributed by atoms with van der Waals surface area (Å²) in [5, 5.41) is 6.63. The number of urea groups is 1. The van der Waals surface area contributed by atoms with Crippen LogP contribution in [0, 0.1) is 11.8 Å². The summed E-state index contributed by atoms with van der Waals surface area (Å²) in [6.45, 7) is 5.57. The summed E-state index contributed by atoms with van der Waals surface area (Å²) in [6.07, 6.45) is 4.58. The van der Waals surface area contributed by atoms with E-state index in [0.29, 0.717) is 12.5 Å². The van der Waals surface area contributed by atoms with Gasteiger partial charge in [0.05, 0.1) is 6.61 Å². The van der Waals surface area contributed by atoms with Gasteiger partial charge in [0.2, 0.25) is 0 Å². The van der Waals surface area contributed by atoms with Crippen LogP contribution in [0.2, 0.25) is 0 Å². The molecule has 3 heterocycles. The lowest BCUT2D eigenvalue weighted by molar-refractivity contribution is 0.152. The monoisotopic (exact) mass is 343 g/mol. The van der Waals surface area contributed by atoms with Gasteiger partial charge in [0.1, 0.15) is 5.75 Å². The molecule has 5 heteroatoms. The first-order valence-corrected chi connectivity index (χ1v) is 9.76. The van der Waals surface area contributed by atoms with Crippen LogP contribution in [0.5, 0.6) is 5.75 Å². The fourth-order valence-electron chi connectivity index (χ4n) is 4.60. The second kappa shape index (κ2) is 7.65. The molecule has 2 N–H and O–H groups in total. The largest absolute Gasteiger partial charge is 0.493 e. The molecule has 3 aliphatic rings. The van der Waals surface area contributed by atoms with Crippen molar-refractivity contribution in [3.63, 3.8) is 0 Å². The van der Waals surface area contributed by atoms with Crippen LogP contribution in [0.15, 0.2) is 24.3 Å². The Morgan fingerprint density at radius 3 is 2.80 bits per heavy atom. The maximum Gasteiger partial charge on any atom is 0.317 e. The number of nitrogens with one attached hydrogen (secondary N) is 2. The minimum absolute atomic E-state index is 0.104. The van der Waals surface area contributed by atoms with Gasteiger partial charge in [-0.1, -0.05) is 18.2 Å². The third-order valence-electron chi connectivity index (χ3n) is 6.17. The van der Waals surface area contributed by atoms with Crippen molar-refractivity contribution in [2.24, 2.45) is 11.8 Å². The highest BCUT2D eigenvalue weighted by Gasteiger charge is 2.30. The van der Waals surface area contributed by atoms with Crippen LogP contribution in [0.3, 0.4) is 0 Å². The standard InChI is InChI=1S/C20H29N3O2/c24-20(23-10-6-15(7-11-23)16-5-9-21-13-16)22-14-17-8-12-25-19-4-2-1-3-18(17)19/h1-4,15-17,21H,5-14H2,(H,22,24). The Morgan fingerprint density at radius 1 is 1.16 bits per heavy atom. The average Bonchev–Trinajstić information content (AvgIpc) is 3.21. The number of fused-ring (bicyclic) bond motifs is 1. The van der Waals surface area contributed by atoms with Crippen LogP contribution in [-0.2, 0) is 0 Å². The van der Waals surface area contributed by atoms with Crippen LogP contribution in [0.1, 0.15) is 37.2 Å². The average molecular weight is 343 g/mol. The van der Waals surface area contributed by atoms with E-state index in [1.54, 1.807) is 0 Å². The molecule has 25 heavy (non-hydrogen) atoms. The molecular formula is C20H29N3O2. The SMILES string of the molecule is O=C(NCC1CCOc2ccccc21)N1CCC(C2CCNC2)CC1. The van der Waals surface area contributed by atoms with Crippen molar-refractivity contribution in [3.05, 3.63) is 29.8 Å². The third-order valence-corrected chi connectivity index (χ3v) is 6.17. The summed E-state index contributed by atoms with van der Waals surface area (Å²) >= 11 is 0. The first-order valence-electron chi connectivity index (χ1n) is 9.76. The molecule has 0 saturated carbocycles. The van der Waals surface area contributed by atoms with Gasteiger partial charge in [-0.2, -0.15) is 0 Å². The third kappa shape index (κ3) is 3.76. The maximum atomic E-state index is 12.6. The van der Waals surface area contributed by atoms with Crippen LogP contribution >= 0.6 is 0 Å². The van der Waals surface area contributed by atoms with E-state index in [1.165, 1.54) is 18.5 Å². The quantitative estimate of drug-likeness (QED) is 0.887. The van der Waals surface area contributed by atoms with Gasteiger partial charge in [-0.3, -0.25) is 0 Å². The summed E-state index contributed by atoms with van der Waals surface area (Å²) in [7, 11) is 0. The number of likely N-dealkylation sites (tertiary alicyclic amines) is 1.